The first-order valence-electron chi connectivity index (χ1n) is 8.09. The number of H-pyrrole nitrogens is 2. The fourth-order valence-corrected chi connectivity index (χ4v) is 4.85. The Morgan fingerprint density at radius 3 is 1.47 bits per heavy atom. The zero-order chi connectivity index (χ0) is 20.6. The zero-order valence-corrected chi connectivity index (χ0v) is 23.9. The fourth-order valence-electron chi connectivity index (χ4n) is 1.95. The molecule has 0 saturated carbocycles. The molecule has 0 radical (unpaired) electrons. The van der Waals surface area contributed by atoms with E-state index in [1.54, 1.807) is 0 Å². The first-order valence-corrected chi connectivity index (χ1v) is 13.3. The Hall–Kier alpha value is 0.800. The van der Waals surface area contributed by atoms with Crippen molar-refractivity contribution in [2.24, 2.45) is 0 Å². The molecule has 0 aliphatic heterocycles. The van der Waals surface area contributed by atoms with E-state index in [2.05, 4.69) is 30.4 Å². The van der Waals surface area contributed by atoms with Crippen molar-refractivity contribution < 1.29 is 87.9 Å². The Morgan fingerprint density at radius 1 is 0.767 bits per heavy atom. The van der Waals surface area contributed by atoms with Crippen molar-refractivity contribution in [2.75, 3.05) is 23.0 Å². The summed E-state index contributed by atoms with van der Waals surface area (Å²) in [6, 6.07) is 0. The van der Waals surface area contributed by atoms with Gasteiger partial charge in [-0.05, 0) is 12.8 Å². The van der Waals surface area contributed by atoms with Crippen molar-refractivity contribution in [1.82, 2.24) is 30.4 Å². The van der Waals surface area contributed by atoms with Gasteiger partial charge in [0.1, 0.15) is 11.6 Å². The summed E-state index contributed by atoms with van der Waals surface area (Å²) >= 11 is 2.58. The van der Waals surface area contributed by atoms with Crippen LogP contribution in [0.2, 0.25) is 0 Å². The Kier molecular flexibility index (Phi) is 15.2. The van der Waals surface area contributed by atoms with Crippen LogP contribution in [0.1, 0.15) is 27.3 Å². The summed E-state index contributed by atoms with van der Waals surface area (Å²) in [5.41, 5.74) is 0. The molecule has 0 saturated heterocycles. The Balaban J connectivity index is -0.00000210. The Bertz CT molecular complexity index is 900. The van der Waals surface area contributed by atoms with E-state index in [0.29, 0.717) is 59.2 Å². The standard InChI is InChI=1S/C12H20N6O6S4.2Na.2H/c19-27(20,21)7-1-5-25-11-13-9(15-17-11)3-4-10-14-12(18-16-10)26-6-2-8-28(22,23)24;;;;/h1-8H2,(H,13,15,17)(H,14,16,18)(H,19,20,21)(H,22,23,24);;;;/q;2*+1;2*-1. The van der Waals surface area contributed by atoms with Crippen molar-refractivity contribution in [3.05, 3.63) is 11.6 Å². The van der Waals surface area contributed by atoms with Crippen LogP contribution >= 0.6 is 23.5 Å². The van der Waals surface area contributed by atoms with E-state index in [9.17, 15) is 16.8 Å². The van der Waals surface area contributed by atoms with Gasteiger partial charge in [0, 0.05) is 24.3 Å². The monoisotopic (exact) mass is 520 g/mol. The van der Waals surface area contributed by atoms with Crippen molar-refractivity contribution in [1.29, 1.82) is 0 Å². The first-order chi connectivity index (χ1) is 13.1. The van der Waals surface area contributed by atoms with Crippen LogP contribution in [-0.2, 0) is 33.1 Å². The third-order valence-electron chi connectivity index (χ3n) is 3.18. The summed E-state index contributed by atoms with van der Waals surface area (Å²) in [4.78, 5) is 8.57. The number of aromatic amines is 2. The van der Waals surface area contributed by atoms with Gasteiger partial charge in [-0.1, -0.05) is 23.5 Å². The van der Waals surface area contributed by atoms with E-state index in [0.717, 1.165) is 0 Å². The number of aryl methyl sites for hydroxylation is 2. The van der Waals surface area contributed by atoms with E-state index >= 15 is 0 Å². The third-order valence-corrected chi connectivity index (χ3v) is 6.65. The number of hydrogen-bond donors (Lipinski definition) is 4. The summed E-state index contributed by atoms with van der Waals surface area (Å²) in [6.45, 7) is 0. The van der Waals surface area contributed by atoms with Crippen LogP contribution in [0.15, 0.2) is 10.3 Å². The van der Waals surface area contributed by atoms with Gasteiger partial charge in [0.15, 0.2) is 0 Å². The molecule has 0 spiro atoms. The number of hydrogen-bond acceptors (Lipinski definition) is 10. The minimum atomic E-state index is -3.94. The number of aromatic nitrogens is 6. The van der Waals surface area contributed by atoms with Crippen LogP contribution in [-0.4, -0.2) is 79.3 Å². The van der Waals surface area contributed by atoms with Crippen molar-refractivity contribution in [3.8, 4) is 0 Å². The van der Waals surface area contributed by atoms with E-state index in [1.165, 1.54) is 23.5 Å². The molecule has 0 aliphatic carbocycles. The van der Waals surface area contributed by atoms with Crippen molar-refractivity contribution >= 4 is 43.8 Å². The van der Waals surface area contributed by atoms with Gasteiger partial charge >= 0.3 is 59.1 Å². The third kappa shape index (κ3) is 14.1. The predicted octanol–water partition coefficient (Wildman–Crippen LogP) is -5.32. The molecule has 2 aromatic rings. The van der Waals surface area contributed by atoms with Crippen LogP contribution in [0.25, 0.3) is 0 Å². The molecule has 18 heteroatoms. The van der Waals surface area contributed by atoms with Crippen molar-refractivity contribution in [2.45, 2.75) is 36.0 Å². The molecule has 4 N–H and O–H groups in total. The quantitative estimate of drug-likeness (QED) is 0.0850. The summed E-state index contributed by atoms with van der Waals surface area (Å²) in [7, 11) is -7.89. The Labute approximate surface area is 230 Å². The summed E-state index contributed by atoms with van der Waals surface area (Å²) in [6.07, 6.45) is 1.69. The largest absolute Gasteiger partial charge is 1.00 e. The molecule has 2 rings (SSSR count). The van der Waals surface area contributed by atoms with E-state index in [4.69, 9.17) is 9.11 Å². The van der Waals surface area contributed by atoms with Crippen LogP contribution in [0.3, 0.4) is 0 Å². The normalized spacial score (nSPS) is 11.7. The van der Waals surface area contributed by atoms with Gasteiger partial charge < -0.3 is 2.85 Å². The SMILES string of the molecule is O=S(=O)(O)CCCSc1n[nH]c(CCc2nc(SCCCS(=O)(=O)O)n[nH]2)n1.[H-].[H-].[Na+].[Na+]. The van der Waals surface area contributed by atoms with Gasteiger partial charge in [-0.15, -0.1) is 10.2 Å². The molecule has 2 heterocycles. The van der Waals surface area contributed by atoms with Gasteiger partial charge in [-0.25, -0.2) is 9.97 Å². The van der Waals surface area contributed by atoms with Crippen LogP contribution < -0.4 is 59.1 Å². The van der Waals surface area contributed by atoms with E-state index in [-0.39, 0.29) is 73.5 Å². The number of nitrogens with one attached hydrogen (secondary N) is 2. The molecule has 0 aromatic carbocycles. The topological polar surface area (TPSA) is 192 Å². The summed E-state index contributed by atoms with van der Waals surface area (Å²) in [5, 5.41) is 14.7. The molecule has 12 nitrogen and oxygen atoms in total. The maximum Gasteiger partial charge on any atom is 1.00 e. The molecular formula is C12H22N6Na2O6S4. The van der Waals surface area contributed by atoms with Crippen molar-refractivity contribution in [3.63, 3.8) is 0 Å². The van der Waals surface area contributed by atoms with E-state index in [1.807, 2.05) is 0 Å². The average Bonchev–Trinajstić information content (AvgIpc) is 3.21. The molecule has 0 amide bonds. The zero-order valence-electron chi connectivity index (χ0n) is 18.6. The fraction of sp³-hybridized carbons (Fsp3) is 0.667. The second-order valence-electron chi connectivity index (χ2n) is 5.61. The van der Waals surface area contributed by atoms with Crippen LogP contribution in [0.5, 0.6) is 0 Å². The predicted molar refractivity (Wildman–Crippen MR) is 106 cm³/mol. The first kappa shape index (κ1) is 30.8. The van der Waals surface area contributed by atoms with Gasteiger partial charge in [-0.2, -0.15) is 16.8 Å². The van der Waals surface area contributed by atoms with Gasteiger partial charge in [0.2, 0.25) is 10.3 Å². The molecular weight excluding hydrogens is 498 g/mol. The number of nitrogens with zero attached hydrogens (tertiary/aromatic N) is 4. The van der Waals surface area contributed by atoms with Gasteiger partial charge in [-0.3, -0.25) is 19.3 Å². The minimum absolute atomic E-state index is 0. The van der Waals surface area contributed by atoms with Gasteiger partial charge in [0.25, 0.3) is 20.2 Å². The molecule has 0 fully saturated rings. The molecule has 0 atom stereocenters. The number of rotatable bonds is 13. The molecule has 0 unspecified atom stereocenters. The molecule has 162 valence electrons. The second kappa shape index (κ2) is 14.8. The van der Waals surface area contributed by atoms with Crippen LogP contribution in [0.4, 0.5) is 0 Å². The van der Waals surface area contributed by atoms with Gasteiger partial charge in [0.05, 0.1) is 11.5 Å². The second-order valence-corrected chi connectivity index (χ2v) is 10.9. The minimum Gasteiger partial charge on any atom is -1.00 e. The molecule has 30 heavy (non-hydrogen) atoms. The molecule has 0 aliphatic rings. The summed E-state index contributed by atoms with van der Waals surface area (Å²) < 4.78 is 59.9. The van der Waals surface area contributed by atoms with E-state index < -0.39 is 20.2 Å². The summed E-state index contributed by atoms with van der Waals surface area (Å²) in [5.74, 6) is 1.65. The number of thioether (sulfide) groups is 2. The molecule has 2 aromatic heterocycles. The molecule has 0 bridgehead atoms. The smallest absolute Gasteiger partial charge is 1.00 e. The Morgan fingerprint density at radius 2 is 1.13 bits per heavy atom. The average molecular weight is 521 g/mol. The maximum atomic E-state index is 10.6. The van der Waals surface area contributed by atoms with Crippen LogP contribution in [0, 0.1) is 0 Å². The maximum absolute atomic E-state index is 10.6.